The van der Waals surface area contributed by atoms with E-state index in [4.69, 9.17) is 5.73 Å². The maximum absolute atomic E-state index is 10.9. The Morgan fingerprint density at radius 3 is 2.83 bits per heavy atom. The summed E-state index contributed by atoms with van der Waals surface area (Å²) in [6.07, 6.45) is 2.44. The predicted octanol–water partition coefficient (Wildman–Crippen LogP) is 1.13. The number of hydrogen-bond donors (Lipinski definition) is 2. The van der Waals surface area contributed by atoms with Crippen molar-refractivity contribution in [2.75, 3.05) is 32.4 Å². The van der Waals surface area contributed by atoms with Crippen LogP contribution in [0.4, 0.5) is 5.82 Å². The second-order valence-electron chi connectivity index (χ2n) is 6.74. The number of anilines is 1. The zero-order chi connectivity index (χ0) is 17.0. The van der Waals surface area contributed by atoms with E-state index >= 15 is 0 Å². The number of nitrogens with two attached hydrogens (primary N) is 1. The highest BCUT2D eigenvalue weighted by Crippen LogP contribution is 2.24. The minimum Gasteiger partial charge on any atom is -0.387 e. The van der Waals surface area contributed by atoms with Gasteiger partial charge < -0.3 is 10.8 Å². The number of aliphatic hydroxyl groups is 1. The molecule has 6 nitrogen and oxygen atoms in total. The van der Waals surface area contributed by atoms with Crippen LogP contribution in [0.2, 0.25) is 0 Å². The molecule has 1 unspecified atom stereocenters. The van der Waals surface area contributed by atoms with Gasteiger partial charge in [0.25, 0.3) is 0 Å². The molecule has 0 radical (unpaired) electrons. The molecule has 3 N–H and O–H groups in total. The molecule has 1 aromatic heterocycles. The van der Waals surface area contributed by atoms with E-state index in [-0.39, 0.29) is 0 Å². The molecular formula is C18H25N5O. The minimum atomic E-state index is -0.691. The van der Waals surface area contributed by atoms with E-state index < -0.39 is 5.60 Å². The number of nitrogen functional groups attached to an aromatic ring is 1. The number of likely N-dealkylation sites (N-methyl/N-ethyl adjacent to an activating group) is 1. The molecule has 3 rings (SSSR count). The predicted molar refractivity (Wildman–Crippen MR) is 94.1 cm³/mol. The lowest BCUT2D eigenvalue weighted by Crippen LogP contribution is -2.43. The minimum absolute atomic E-state index is 0.474. The molecule has 24 heavy (non-hydrogen) atoms. The van der Waals surface area contributed by atoms with Gasteiger partial charge in [-0.05, 0) is 25.1 Å². The van der Waals surface area contributed by atoms with Gasteiger partial charge in [0, 0.05) is 32.4 Å². The monoisotopic (exact) mass is 327 g/mol. The summed E-state index contributed by atoms with van der Waals surface area (Å²) in [5.41, 5.74) is 6.28. The first-order valence-electron chi connectivity index (χ1n) is 8.27. The van der Waals surface area contributed by atoms with Crippen molar-refractivity contribution < 1.29 is 5.11 Å². The molecule has 128 valence electrons. The van der Waals surface area contributed by atoms with Gasteiger partial charge in [0.2, 0.25) is 0 Å². The Bertz CT molecular complexity index is 665. The number of rotatable bonds is 6. The summed E-state index contributed by atoms with van der Waals surface area (Å²) < 4.78 is 0. The maximum Gasteiger partial charge on any atom is 0.144 e. The van der Waals surface area contributed by atoms with E-state index in [0.717, 1.165) is 19.5 Å². The van der Waals surface area contributed by atoms with Gasteiger partial charge in [-0.15, -0.1) is 0 Å². The molecule has 2 heterocycles. The van der Waals surface area contributed by atoms with Crippen LogP contribution in [-0.4, -0.2) is 57.2 Å². The van der Waals surface area contributed by atoms with Gasteiger partial charge in [0.15, 0.2) is 0 Å². The molecule has 1 fully saturated rings. The first-order valence-corrected chi connectivity index (χ1v) is 8.27. The van der Waals surface area contributed by atoms with Crippen molar-refractivity contribution in [3.8, 4) is 0 Å². The van der Waals surface area contributed by atoms with Crippen LogP contribution in [0, 0.1) is 0 Å². The fraction of sp³-hybridized carbons (Fsp3) is 0.444. The van der Waals surface area contributed by atoms with Crippen LogP contribution in [0.3, 0.4) is 0 Å². The number of β-amino-alcohol motifs (C(OH)–C–C–N with tert-alkyl or cyclic N) is 1. The molecule has 1 aliphatic heterocycles. The van der Waals surface area contributed by atoms with Crippen molar-refractivity contribution in [1.82, 2.24) is 19.8 Å². The molecular weight excluding hydrogens is 302 g/mol. The first kappa shape index (κ1) is 16.8. The van der Waals surface area contributed by atoms with Gasteiger partial charge in [0.05, 0.1) is 12.1 Å². The smallest absolute Gasteiger partial charge is 0.144 e. The molecule has 1 aromatic carbocycles. The van der Waals surface area contributed by atoms with E-state index in [2.05, 4.69) is 44.0 Å². The molecule has 0 saturated carbocycles. The molecule has 0 amide bonds. The maximum atomic E-state index is 10.9. The van der Waals surface area contributed by atoms with Gasteiger partial charge in [-0.1, -0.05) is 30.3 Å². The number of benzene rings is 1. The molecule has 2 aromatic rings. The van der Waals surface area contributed by atoms with Crippen LogP contribution in [0.25, 0.3) is 0 Å². The second-order valence-corrected chi connectivity index (χ2v) is 6.74. The van der Waals surface area contributed by atoms with E-state index in [9.17, 15) is 5.11 Å². The van der Waals surface area contributed by atoms with Crippen molar-refractivity contribution in [2.45, 2.75) is 25.1 Å². The van der Waals surface area contributed by atoms with Crippen molar-refractivity contribution in [3.63, 3.8) is 0 Å². The van der Waals surface area contributed by atoms with Gasteiger partial charge in [-0.3, -0.25) is 9.80 Å². The van der Waals surface area contributed by atoms with E-state index in [0.29, 0.717) is 31.3 Å². The topological polar surface area (TPSA) is 78.5 Å². The van der Waals surface area contributed by atoms with Gasteiger partial charge >= 0.3 is 0 Å². The number of aromatic nitrogens is 2. The quantitative estimate of drug-likeness (QED) is 0.828. The Morgan fingerprint density at radius 1 is 1.29 bits per heavy atom. The van der Waals surface area contributed by atoms with Gasteiger partial charge in [0.1, 0.15) is 11.6 Å². The normalized spacial score (nSPS) is 21.5. The molecule has 1 saturated heterocycles. The summed E-state index contributed by atoms with van der Waals surface area (Å²) in [5.74, 6) is 1.15. The summed E-state index contributed by atoms with van der Waals surface area (Å²) >= 11 is 0. The van der Waals surface area contributed by atoms with Crippen molar-refractivity contribution in [1.29, 1.82) is 0 Å². The summed E-state index contributed by atoms with van der Waals surface area (Å²) in [6.45, 7) is 3.64. The lowest BCUT2D eigenvalue weighted by atomic mass is 10.0. The van der Waals surface area contributed by atoms with Crippen molar-refractivity contribution in [2.24, 2.45) is 0 Å². The molecule has 0 spiro atoms. The van der Waals surface area contributed by atoms with Crippen molar-refractivity contribution >= 4 is 5.82 Å². The first-order chi connectivity index (χ1) is 11.5. The van der Waals surface area contributed by atoms with E-state index in [1.54, 1.807) is 12.3 Å². The Labute approximate surface area is 142 Å². The molecule has 0 aliphatic carbocycles. The highest BCUT2D eigenvalue weighted by Gasteiger charge is 2.36. The molecule has 0 bridgehead atoms. The summed E-state index contributed by atoms with van der Waals surface area (Å²) in [6, 6.07) is 12.1. The SMILES string of the molecule is CN(Cc1nccc(N)n1)CC1(O)CCN(Cc2ccccc2)C1. The Hall–Kier alpha value is -2.02. The average Bonchev–Trinajstić information content (AvgIpc) is 2.88. The zero-order valence-electron chi connectivity index (χ0n) is 14.1. The second kappa shape index (κ2) is 7.25. The Balaban J connectivity index is 1.53. The Morgan fingerprint density at radius 2 is 2.08 bits per heavy atom. The van der Waals surface area contributed by atoms with Gasteiger partial charge in [-0.25, -0.2) is 9.97 Å². The van der Waals surface area contributed by atoms with Crippen LogP contribution >= 0.6 is 0 Å². The lowest BCUT2D eigenvalue weighted by molar-refractivity contribution is 0.0156. The molecule has 6 heteroatoms. The third kappa shape index (κ3) is 4.50. The van der Waals surface area contributed by atoms with Crippen LogP contribution in [-0.2, 0) is 13.1 Å². The van der Waals surface area contributed by atoms with Crippen LogP contribution in [0.1, 0.15) is 17.8 Å². The third-order valence-corrected chi connectivity index (χ3v) is 4.36. The fourth-order valence-corrected chi connectivity index (χ4v) is 3.34. The highest BCUT2D eigenvalue weighted by atomic mass is 16.3. The Kier molecular flexibility index (Phi) is 5.08. The fourth-order valence-electron chi connectivity index (χ4n) is 3.34. The van der Waals surface area contributed by atoms with Crippen LogP contribution in [0.5, 0.6) is 0 Å². The van der Waals surface area contributed by atoms with E-state index in [1.165, 1.54) is 5.56 Å². The number of nitrogens with zero attached hydrogens (tertiary/aromatic N) is 4. The third-order valence-electron chi connectivity index (χ3n) is 4.36. The number of hydrogen-bond acceptors (Lipinski definition) is 6. The lowest BCUT2D eigenvalue weighted by Gasteiger charge is -2.28. The van der Waals surface area contributed by atoms with Gasteiger partial charge in [-0.2, -0.15) is 0 Å². The number of likely N-dealkylation sites (tertiary alicyclic amines) is 1. The van der Waals surface area contributed by atoms with Crippen LogP contribution in [0.15, 0.2) is 42.6 Å². The summed E-state index contributed by atoms with van der Waals surface area (Å²) in [7, 11) is 1.98. The van der Waals surface area contributed by atoms with Crippen LogP contribution < -0.4 is 5.73 Å². The van der Waals surface area contributed by atoms with E-state index in [1.807, 2.05) is 13.1 Å². The average molecular weight is 327 g/mol. The highest BCUT2D eigenvalue weighted by molar-refractivity contribution is 5.25. The molecule has 1 atom stereocenters. The largest absolute Gasteiger partial charge is 0.387 e. The zero-order valence-corrected chi connectivity index (χ0v) is 14.1. The standard InChI is InChI=1S/C18H25N5O/c1-22(12-17-20-9-7-16(19)21-17)13-18(24)8-10-23(14-18)11-15-5-3-2-4-6-15/h2-7,9,24H,8,10-14H2,1H3,(H2,19,20,21). The summed E-state index contributed by atoms with van der Waals surface area (Å²) in [5, 5.41) is 10.9. The molecule has 1 aliphatic rings. The summed E-state index contributed by atoms with van der Waals surface area (Å²) in [4.78, 5) is 12.8. The van der Waals surface area contributed by atoms with Crippen molar-refractivity contribution in [3.05, 3.63) is 54.0 Å².